The second-order valence-corrected chi connectivity index (χ2v) is 18.2. The summed E-state index contributed by atoms with van der Waals surface area (Å²) in [6, 6.07) is 25.7. The number of hydrogen-bond donors (Lipinski definition) is 1. The van der Waals surface area contributed by atoms with E-state index in [9.17, 15) is 9.59 Å². The maximum atomic E-state index is 13.1. The van der Waals surface area contributed by atoms with Gasteiger partial charge in [0.15, 0.2) is 14.5 Å². The van der Waals surface area contributed by atoms with Crippen LogP contribution in [0.1, 0.15) is 49.3 Å². The quantitative estimate of drug-likeness (QED) is 0.148. The average Bonchev–Trinajstić information content (AvgIpc) is 3.45. The molecule has 10 heteroatoms. The number of ether oxygens (including phenoxy) is 4. The predicted molar refractivity (Wildman–Crippen MR) is 185 cm³/mol. The molecule has 4 aromatic rings. The molecule has 0 unspecified atom stereocenters. The highest BCUT2D eigenvalue weighted by Gasteiger charge is 2.47. The molecule has 2 heterocycles. The van der Waals surface area contributed by atoms with E-state index in [2.05, 4.69) is 38.8 Å². The molecule has 3 aromatic carbocycles. The predicted octanol–water partition coefficient (Wildman–Crippen LogP) is 6.36. The molecule has 0 bridgehead atoms. The van der Waals surface area contributed by atoms with E-state index in [1.807, 2.05) is 85.3 Å². The largest absolute Gasteiger partial charge is 0.497 e. The third kappa shape index (κ3) is 7.01. The molecule has 0 amide bonds. The molecular formula is C37H45N2O7Si. The fraction of sp³-hybridized carbons (Fsp3) is 0.378. The van der Waals surface area contributed by atoms with E-state index < -0.39 is 43.6 Å². The molecular weight excluding hydrogens is 613 g/mol. The molecule has 5 rings (SSSR count). The van der Waals surface area contributed by atoms with Crippen LogP contribution in [0, 0.1) is 13.3 Å². The number of aryl methyl sites for hydroxylation is 1. The topological polar surface area (TPSA) is 101 Å². The van der Waals surface area contributed by atoms with E-state index in [1.165, 1.54) is 10.8 Å². The molecule has 1 N–H and O–H groups in total. The lowest BCUT2D eigenvalue weighted by molar-refractivity contribution is -0.0845. The van der Waals surface area contributed by atoms with Gasteiger partial charge >= 0.3 is 5.69 Å². The van der Waals surface area contributed by atoms with Crippen LogP contribution in [-0.4, -0.2) is 50.9 Å². The summed E-state index contributed by atoms with van der Waals surface area (Å²) in [4.78, 5) is 27.7. The van der Waals surface area contributed by atoms with Gasteiger partial charge in [0.25, 0.3) is 5.56 Å². The Bertz CT molecular complexity index is 1710. The zero-order valence-corrected chi connectivity index (χ0v) is 29.4. The molecule has 1 aliphatic heterocycles. The zero-order valence-electron chi connectivity index (χ0n) is 28.4. The Morgan fingerprint density at radius 2 is 1.36 bits per heavy atom. The van der Waals surface area contributed by atoms with Crippen LogP contribution in [0.5, 0.6) is 11.5 Å². The van der Waals surface area contributed by atoms with E-state index in [0.29, 0.717) is 5.56 Å². The molecule has 249 valence electrons. The molecule has 0 spiro atoms. The van der Waals surface area contributed by atoms with Crippen molar-refractivity contribution in [2.75, 3.05) is 20.8 Å². The molecule has 3 atom stereocenters. The summed E-state index contributed by atoms with van der Waals surface area (Å²) in [7, 11) is 0.964. The van der Waals surface area contributed by atoms with Crippen molar-refractivity contribution in [1.82, 2.24) is 9.55 Å². The van der Waals surface area contributed by atoms with E-state index in [1.54, 1.807) is 21.1 Å². The molecule has 1 fully saturated rings. The monoisotopic (exact) mass is 657 g/mol. The number of hydrogen-bond acceptors (Lipinski definition) is 7. The number of methoxy groups -OCH3 is 2. The van der Waals surface area contributed by atoms with Gasteiger partial charge in [-0.2, -0.15) is 0 Å². The first-order chi connectivity index (χ1) is 22.3. The van der Waals surface area contributed by atoms with Crippen LogP contribution in [0.3, 0.4) is 0 Å². The Morgan fingerprint density at radius 3 is 1.87 bits per heavy atom. The Morgan fingerprint density at radius 1 is 0.830 bits per heavy atom. The lowest BCUT2D eigenvalue weighted by atomic mass is 9.80. The van der Waals surface area contributed by atoms with Gasteiger partial charge in [0, 0.05) is 18.2 Å². The lowest BCUT2D eigenvalue weighted by Gasteiger charge is -2.39. The van der Waals surface area contributed by atoms with Gasteiger partial charge in [0.1, 0.15) is 17.1 Å². The number of nitrogens with zero attached hydrogens (tertiary/aromatic N) is 1. The molecule has 9 nitrogen and oxygen atoms in total. The zero-order chi connectivity index (χ0) is 34.0. The number of rotatable bonds is 11. The molecule has 0 saturated carbocycles. The molecule has 1 radical (unpaired) electrons. The minimum absolute atomic E-state index is 0.0863. The highest BCUT2D eigenvalue weighted by atomic mass is 28.4. The molecule has 0 aliphatic carbocycles. The van der Waals surface area contributed by atoms with Crippen LogP contribution in [0.15, 0.2) is 94.6 Å². The fourth-order valence-corrected chi connectivity index (χ4v) is 6.83. The van der Waals surface area contributed by atoms with Crippen LogP contribution < -0.4 is 20.7 Å². The smallest absolute Gasteiger partial charge is 0.330 e. The minimum Gasteiger partial charge on any atom is -0.497 e. The second-order valence-electron chi connectivity index (χ2n) is 13.4. The Hall–Kier alpha value is -3.96. The maximum absolute atomic E-state index is 13.1. The Kier molecular flexibility index (Phi) is 9.98. The van der Waals surface area contributed by atoms with Crippen molar-refractivity contribution in [3.63, 3.8) is 0 Å². The van der Waals surface area contributed by atoms with E-state index in [-0.39, 0.29) is 11.6 Å². The molecule has 1 aromatic heterocycles. The molecule has 47 heavy (non-hydrogen) atoms. The summed E-state index contributed by atoms with van der Waals surface area (Å²) in [5.74, 6) is 1.46. The molecule has 1 saturated heterocycles. The first kappa shape index (κ1) is 34.4. The maximum Gasteiger partial charge on any atom is 0.330 e. The van der Waals surface area contributed by atoms with E-state index >= 15 is 0 Å². The first-order valence-corrected chi connectivity index (χ1v) is 18.7. The van der Waals surface area contributed by atoms with Gasteiger partial charge in [0.2, 0.25) is 0 Å². The number of H-pyrrole nitrogens is 1. The summed E-state index contributed by atoms with van der Waals surface area (Å²) in [5, 5.41) is -0.0863. The Labute approximate surface area is 277 Å². The number of aromatic amines is 1. The summed E-state index contributed by atoms with van der Waals surface area (Å²) < 4.78 is 32.9. The van der Waals surface area contributed by atoms with Crippen molar-refractivity contribution in [2.24, 2.45) is 0 Å². The normalized spacial score (nSPS) is 18.7. The SMILES string of the molecule is COc1ccc(C(OC[C@H]2[CH][C@@H](O[Si](C)(C)C(C)(C)C)[C@H](n3cc(C)c(=O)[nH]c3=O)O2)(c2ccccc2)c2ccc(OC)cc2)cc1. The van der Waals surface area contributed by atoms with Gasteiger partial charge in [0.05, 0.1) is 33.0 Å². The van der Waals surface area contributed by atoms with Crippen molar-refractivity contribution >= 4 is 8.32 Å². The fourth-order valence-electron chi connectivity index (χ4n) is 5.60. The van der Waals surface area contributed by atoms with Crippen molar-refractivity contribution < 1.29 is 23.4 Å². The van der Waals surface area contributed by atoms with Crippen LogP contribution in [0.2, 0.25) is 18.1 Å². The van der Waals surface area contributed by atoms with Gasteiger partial charge in [-0.3, -0.25) is 14.3 Å². The lowest BCUT2D eigenvalue weighted by Crippen LogP contribution is -2.46. The van der Waals surface area contributed by atoms with Gasteiger partial charge in [-0.05, 0) is 66.0 Å². The van der Waals surface area contributed by atoms with Crippen LogP contribution in [0.25, 0.3) is 0 Å². The first-order valence-electron chi connectivity index (χ1n) is 15.8. The van der Waals surface area contributed by atoms with Gasteiger partial charge < -0.3 is 23.4 Å². The van der Waals surface area contributed by atoms with Crippen molar-refractivity contribution in [1.29, 1.82) is 0 Å². The van der Waals surface area contributed by atoms with Gasteiger partial charge in [-0.1, -0.05) is 75.4 Å². The number of benzene rings is 3. The van der Waals surface area contributed by atoms with E-state index in [4.69, 9.17) is 23.4 Å². The number of aromatic nitrogens is 2. The summed E-state index contributed by atoms with van der Waals surface area (Å²) in [5.41, 5.74) is 1.08. The van der Waals surface area contributed by atoms with Gasteiger partial charge in [-0.25, -0.2) is 4.79 Å². The summed E-state index contributed by atoms with van der Waals surface area (Å²) in [6.45, 7) is 12.6. The Balaban J connectivity index is 1.57. The molecule has 1 aliphatic rings. The van der Waals surface area contributed by atoms with E-state index in [0.717, 1.165) is 28.2 Å². The highest BCUT2D eigenvalue weighted by Crippen LogP contribution is 2.44. The summed E-state index contributed by atoms with van der Waals surface area (Å²) in [6.07, 6.45) is 1.62. The standard InChI is InChI=1S/C37H45N2O7Si/c1-25-23-39(35(41)38-33(25)40)34-32(46-47(7,8)36(2,3)4)22-31(45-34)24-44-37(26-12-10-9-11-13-26,27-14-18-29(42-5)19-15-27)28-16-20-30(43-6)21-17-28/h9-23,31-32,34H,24H2,1-8H3,(H,38,40,41)/t31-,32-,34-/m1/s1. The number of nitrogens with one attached hydrogen (secondary N) is 1. The van der Waals surface area contributed by atoms with Crippen LogP contribution in [0.4, 0.5) is 0 Å². The third-order valence-electron chi connectivity index (χ3n) is 9.29. The van der Waals surface area contributed by atoms with Crippen LogP contribution in [-0.2, 0) is 19.5 Å². The average molecular weight is 658 g/mol. The van der Waals surface area contributed by atoms with Gasteiger partial charge in [-0.15, -0.1) is 0 Å². The van der Waals surface area contributed by atoms with Crippen LogP contribution >= 0.6 is 0 Å². The van der Waals surface area contributed by atoms with Crippen molar-refractivity contribution in [3.05, 3.63) is 135 Å². The third-order valence-corrected chi connectivity index (χ3v) is 13.8. The second kappa shape index (κ2) is 13.6. The van der Waals surface area contributed by atoms with Crippen molar-refractivity contribution in [2.45, 2.75) is 69.9 Å². The summed E-state index contributed by atoms with van der Waals surface area (Å²) >= 11 is 0. The highest BCUT2D eigenvalue weighted by molar-refractivity contribution is 6.74. The van der Waals surface area contributed by atoms with Crippen molar-refractivity contribution in [3.8, 4) is 11.5 Å². The minimum atomic E-state index is -2.31.